The molecule has 1 aliphatic rings. The van der Waals surface area contributed by atoms with Crippen LogP contribution in [0.2, 0.25) is 5.02 Å². The Hall–Kier alpha value is -1.02. The Morgan fingerprint density at radius 2 is 1.91 bits per heavy atom. The minimum absolute atomic E-state index is 0.273. The maximum absolute atomic E-state index is 5.79. The van der Waals surface area contributed by atoms with Gasteiger partial charge in [0, 0.05) is 0 Å². The third-order valence-electron chi connectivity index (χ3n) is 1.54. The van der Waals surface area contributed by atoms with Gasteiger partial charge in [0.25, 0.3) is 0 Å². The molecule has 0 spiro atoms. The van der Waals surface area contributed by atoms with E-state index in [9.17, 15) is 0 Å². The first-order valence-electron chi connectivity index (χ1n) is 3.18. The summed E-state index contributed by atoms with van der Waals surface area (Å²) in [6.07, 6.45) is 0. The lowest BCUT2D eigenvalue weighted by Gasteiger charge is -2.07. The Morgan fingerprint density at radius 1 is 1.27 bits per heavy atom. The normalized spacial score (nSPS) is 13.5. The molecule has 11 heavy (non-hydrogen) atoms. The monoisotopic (exact) mass is 169 g/mol. The summed E-state index contributed by atoms with van der Waals surface area (Å²) in [6, 6.07) is 3.48. The second-order valence-electron chi connectivity index (χ2n) is 2.30. The molecule has 0 saturated carbocycles. The summed E-state index contributed by atoms with van der Waals surface area (Å²) in [6.45, 7) is 4.00. The van der Waals surface area contributed by atoms with Crippen molar-refractivity contribution in [1.82, 2.24) is 0 Å². The van der Waals surface area contributed by atoms with E-state index < -0.39 is 0 Å². The lowest BCUT2D eigenvalue weighted by Crippen LogP contribution is -1.92. The van der Waals surface area contributed by atoms with Crippen molar-refractivity contribution in [2.75, 3.05) is 6.79 Å². The Balaban J connectivity index is 2.57. The van der Waals surface area contributed by atoms with Gasteiger partial charge in [0.1, 0.15) is 11.5 Å². The van der Waals surface area contributed by atoms with Gasteiger partial charge >= 0.3 is 0 Å². The molecule has 3 heteroatoms. The quantitative estimate of drug-likeness (QED) is 0.555. The second kappa shape index (κ2) is 2.24. The summed E-state index contributed by atoms with van der Waals surface area (Å²) in [5, 5.41) is 0.606. The summed E-state index contributed by atoms with van der Waals surface area (Å²) in [5.74, 6) is 1.42. The first kappa shape index (κ1) is 6.68. The summed E-state index contributed by atoms with van der Waals surface area (Å²) in [5.41, 5.74) is 0.760. The molecule has 0 unspecified atom stereocenters. The zero-order valence-electron chi connectivity index (χ0n) is 5.76. The van der Waals surface area contributed by atoms with E-state index in [0.717, 1.165) is 11.3 Å². The highest BCUT2D eigenvalue weighted by Gasteiger charge is 2.09. The van der Waals surface area contributed by atoms with E-state index in [-0.39, 0.29) is 6.79 Å². The summed E-state index contributed by atoms with van der Waals surface area (Å²) >= 11 is 5.79. The molecular weight excluding hydrogens is 164 g/mol. The number of rotatable bonds is 0. The van der Waals surface area contributed by atoms with Crippen molar-refractivity contribution in [2.45, 2.75) is 0 Å². The van der Waals surface area contributed by atoms with Gasteiger partial charge in [-0.3, -0.25) is 0 Å². The van der Waals surface area contributed by atoms with Crippen LogP contribution in [0.4, 0.5) is 0 Å². The smallest absolute Gasteiger partial charge is 0.229 e. The third-order valence-corrected chi connectivity index (χ3v) is 1.89. The van der Waals surface area contributed by atoms with E-state index in [1.165, 1.54) is 0 Å². The molecule has 0 saturated heterocycles. The highest BCUT2D eigenvalue weighted by atomic mass is 35.5. The van der Waals surface area contributed by atoms with Crippen molar-refractivity contribution in [1.29, 1.82) is 0 Å². The van der Waals surface area contributed by atoms with E-state index in [1.54, 1.807) is 12.1 Å². The fourth-order valence-electron chi connectivity index (χ4n) is 0.959. The molecule has 1 aliphatic heterocycles. The fourth-order valence-corrected chi connectivity index (χ4v) is 1.11. The van der Waals surface area contributed by atoms with E-state index in [1.807, 2.05) is 0 Å². The van der Waals surface area contributed by atoms with Crippen LogP contribution in [0, 0.1) is 6.92 Å². The molecule has 1 heterocycles. The molecule has 58 valence electrons. The van der Waals surface area contributed by atoms with Crippen LogP contribution >= 0.6 is 11.6 Å². The molecule has 0 radical (unpaired) electrons. The van der Waals surface area contributed by atoms with E-state index >= 15 is 0 Å². The van der Waals surface area contributed by atoms with Gasteiger partial charge in [-0.05, 0) is 0 Å². The van der Waals surface area contributed by atoms with Crippen LogP contribution in [0.5, 0.6) is 11.5 Å². The number of benzene rings is 1. The molecule has 2 rings (SSSR count). The van der Waals surface area contributed by atoms with Gasteiger partial charge in [-0.15, -0.1) is 6.07 Å². The van der Waals surface area contributed by atoms with Crippen LogP contribution in [0.15, 0.2) is 12.1 Å². The Bertz CT molecular complexity index is 267. The largest absolute Gasteiger partial charge is 0.467 e. The van der Waals surface area contributed by atoms with Crippen LogP contribution < -0.4 is 9.47 Å². The van der Waals surface area contributed by atoms with Gasteiger partial charge in [-0.2, -0.15) is 24.1 Å². The molecule has 0 atom stereocenters. The number of halogens is 1. The van der Waals surface area contributed by atoms with E-state index in [4.69, 9.17) is 21.1 Å². The average molecular weight is 170 g/mol. The van der Waals surface area contributed by atoms with Crippen LogP contribution in [0.1, 0.15) is 5.56 Å². The van der Waals surface area contributed by atoms with E-state index in [2.05, 4.69) is 6.92 Å². The van der Waals surface area contributed by atoms with Gasteiger partial charge in [0.05, 0.1) is 0 Å². The Morgan fingerprint density at radius 3 is 2.64 bits per heavy atom. The molecule has 0 fully saturated rings. The number of ether oxygens (including phenoxy) is 2. The number of hydrogen-bond acceptors (Lipinski definition) is 2. The maximum Gasteiger partial charge on any atom is 0.229 e. The molecule has 0 N–H and O–H groups in total. The van der Waals surface area contributed by atoms with E-state index in [0.29, 0.717) is 10.8 Å². The van der Waals surface area contributed by atoms with Crippen molar-refractivity contribution in [3.8, 4) is 11.5 Å². The SMILES string of the molecule is [CH2-]c1cc2c(cc1Cl)OCO2. The molecule has 0 amide bonds. The van der Waals surface area contributed by atoms with Crippen LogP contribution in [-0.4, -0.2) is 6.79 Å². The van der Waals surface area contributed by atoms with Gasteiger partial charge in [-0.1, -0.05) is 11.1 Å². The summed E-state index contributed by atoms with van der Waals surface area (Å²) < 4.78 is 10.2. The lowest BCUT2D eigenvalue weighted by molar-refractivity contribution is 0.174. The molecule has 0 bridgehead atoms. The molecule has 1 aromatic rings. The highest BCUT2D eigenvalue weighted by molar-refractivity contribution is 6.31. The highest BCUT2D eigenvalue weighted by Crippen LogP contribution is 2.36. The van der Waals surface area contributed by atoms with Gasteiger partial charge < -0.3 is 9.47 Å². The predicted octanol–water partition coefficient (Wildman–Crippen LogP) is 2.25. The molecule has 0 aromatic heterocycles. The average Bonchev–Trinajstić information content (AvgIpc) is 2.36. The standard InChI is InChI=1S/C8H6ClO2/c1-5-2-7-8(3-6(5)9)11-4-10-7/h2-3H,1,4H2/q-1. The van der Waals surface area contributed by atoms with Crippen molar-refractivity contribution in [3.05, 3.63) is 29.6 Å². The van der Waals surface area contributed by atoms with Gasteiger partial charge in [0.2, 0.25) is 6.79 Å². The zero-order valence-corrected chi connectivity index (χ0v) is 6.52. The van der Waals surface area contributed by atoms with Crippen LogP contribution in [0.25, 0.3) is 0 Å². The fraction of sp³-hybridized carbons (Fsp3) is 0.125. The van der Waals surface area contributed by atoms with Crippen molar-refractivity contribution in [2.24, 2.45) is 0 Å². The predicted molar refractivity (Wildman–Crippen MR) is 42.0 cm³/mol. The first-order valence-corrected chi connectivity index (χ1v) is 3.56. The van der Waals surface area contributed by atoms with Crippen LogP contribution in [-0.2, 0) is 0 Å². The topological polar surface area (TPSA) is 18.5 Å². The van der Waals surface area contributed by atoms with Crippen molar-refractivity contribution >= 4 is 11.6 Å². The Labute approximate surface area is 69.7 Å². The van der Waals surface area contributed by atoms with Crippen molar-refractivity contribution < 1.29 is 9.47 Å². The molecule has 1 aromatic carbocycles. The van der Waals surface area contributed by atoms with Crippen molar-refractivity contribution in [3.63, 3.8) is 0 Å². The Kier molecular flexibility index (Phi) is 1.36. The zero-order chi connectivity index (χ0) is 7.84. The second-order valence-corrected chi connectivity index (χ2v) is 2.70. The lowest BCUT2D eigenvalue weighted by atomic mass is 10.2. The minimum atomic E-state index is 0.273. The van der Waals surface area contributed by atoms with Gasteiger partial charge in [0.15, 0.2) is 0 Å². The summed E-state index contributed by atoms with van der Waals surface area (Å²) in [7, 11) is 0. The van der Waals surface area contributed by atoms with Crippen LogP contribution in [0.3, 0.4) is 0 Å². The molecule has 2 nitrogen and oxygen atoms in total. The summed E-state index contributed by atoms with van der Waals surface area (Å²) in [4.78, 5) is 0. The first-order chi connectivity index (χ1) is 5.27. The molecule has 0 aliphatic carbocycles. The number of hydrogen-bond donors (Lipinski definition) is 0. The number of fused-ring (bicyclic) bond motifs is 1. The van der Waals surface area contributed by atoms with Gasteiger partial charge in [-0.25, -0.2) is 0 Å². The minimum Gasteiger partial charge on any atom is -0.467 e. The maximum atomic E-state index is 5.79. The third kappa shape index (κ3) is 0.994. The molecular formula is C8H6ClO2-.